The van der Waals surface area contributed by atoms with Gasteiger partial charge in [-0.25, -0.2) is 9.89 Å². The number of nitrogens with one attached hydrogen (secondary N) is 1. The van der Waals surface area contributed by atoms with E-state index in [0.29, 0.717) is 18.1 Å². The van der Waals surface area contributed by atoms with Crippen LogP contribution in [0.5, 0.6) is 0 Å². The zero-order chi connectivity index (χ0) is 13.7. The molecule has 0 amide bonds. The Hall–Kier alpha value is -2.02. The van der Waals surface area contributed by atoms with Crippen molar-refractivity contribution in [3.63, 3.8) is 0 Å². The summed E-state index contributed by atoms with van der Waals surface area (Å²) < 4.78 is 1.46. The van der Waals surface area contributed by atoms with E-state index in [1.54, 1.807) is 0 Å². The molecule has 0 aliphatic carbocycles. The number of aliphatic carboxylic acids is 1. The largest absolute Gasteiger partial charge is 0.481 e. The third kappa shape index (κ3) is 3.72. The number of benzene rings is 1. The van der Waals surface area contributed by atoms with Crippen LogP contribution in [0.25, 0.3) is 0 Å². The maximum Gasteiger partial charge on any atom is 0.343 e. The number of H-pyrrole nitrogens is 1. The topological polar surface area (TPSA) is 88.0 Å². The summed E-state index contributed by atoms with van der Waals surface area (Å²) in [6, 6.07) is 9.77. The Labute approximate surface area is 113 Å². The van der Waals surface area contributed by atoms with Gasteiger partial charge >= 0.3 is 11.7 Å². The molecule has 0 bridgehead atoms. The molecule has 19 heavy (non-hydrogen) atoms. The number of thioether (sulfide) groups is 1. The van der Waals surface area contributed by atoms with Gasteiger partial charge in [-0.15, -0.1) is 5.10 Å². The van der Waals surface area contributed by atoms with E-state index in [1.807, 2.05) is 30.3 Å². The lowest BCUT2D eigenvalue weighted by Gasteiger charge is -2.04. The Kier molecular flexibility index (Phi) is 4.40. The molecule has 100 valence electrons. The van der Waals surface area contributed by atoms with E-state index in [1.165, 1.54) is 4.57 Å². The lowest BCUT2D eigenvalue weighted by Crippen LogP contribution is -2.19. The van der Waals surface area contributed by atoms with Gasteiger partial charge in [0.25, 0.3) is 0 Å². The minimum absolute atomic E-state index is 0.115. The lowest BCUT2D eigenvalue weighted by atomic mass is 10.1. The molecule has 2 aromatic rings. The van der Waals surface area contributed by atoms with Crippen LogP contribution in [0.4, 0.5) is 0 Å². The van der Waals surface area contributed by atoms with Crippen molar-refractivity contribution in [2.75, 3.05) is 5.75 Å². The maximum atomic E-state index is 11.6. The van der Waals surface area contributed by atoms with Gasteiger partial charge in [-0.1, -0.05) is 42.1 Å². The normalized spacial score (nSPS) is 10.5. The minimum Gasteiger partial charge on any atom is -0.481 e. The number of hydrogen-bond donors (Lipinski definition) is 2. The van der Waals surface area contributed by atoms with Crippen LogP contribution in [0.15, 0.2) is 40.3 Å². The summed E-state index contributed by atoms with van der Waals surface area (Å²) in [5.74, 6) is -1.05. The van der Waals surface area contributed by atoms with Crippen molar-refractivity contribution >= 4 is 17.7 Å². The lowest BCUT2D eigenvalue weighted by molar-refractivity contribution is -0.133. The van der Waals surface area contributed by atoms with E-state index >= 15 is 0 Å². The fraction of sp³-hybridized carbons (Fsp3) is 0.250. The molecule has 0 radical (unpaired) electrons. The number of carboxylic acid groups (broad SMARTS) is 1. The molecule has 2 N–H and O–H groups in total. The molecule has 0 aliphatic rings. The van der Waals surface area contributed by atoms with Crippen molar-refractivity contribution in [1.29, 1.82) is 0 Å². The van der Waals surface area contributed by atoms with Crippen molar-refractivity contribution in [3.05, 3.63) is 46.4 Å². The highest BCUT2D eigenvalue weighted by atomic mass is 32.2. The molecule has 0 saturated heterocycles. The van der Waals surface area contributed by atoms with Crippen LogP contribution in [0.3, 0.4) is 0 Å². The SMILES string of the molecule is O=C(O)CSc1n[nH]c(=O)n1CCc1ccccc1. The maximum absolute atomic E-state index is 11.6. The van der Waals surface area contributed by atoms with Gasteiger partial charge in [0.05, 0.1) is 5.75 Å². The Morgan fingerprint density at radius 3 is 2.79 bits per heavy atom. The number of hydrogen-bond acceptors (Lipinski definition) is 4. The number of carbonyl (C=O) groups is 1. The second kappa shape index (κ2) is 6.24. The summed E-state index contributed by atoms with van der Waals surface area (Å²) in [4.78, 5) is 22.1. The second-order valence-corrected chi connectivity index (χ2v) is 4.82. The molecular formula is C12H13N3O3S. The first kappa shape index (κ1) is 13.4. The van der Waals surface area contributed by atoms with Gasteiger partial charge in [0.15, 0.2) is 5.16 Å². The van der Waals surface area contributed by atoms with Crippen LogP contribution in [0.1, 0.15) is 5.56 Å². The van der Waals surface area contributed by atoms with Gasteiger partial charge in [0, 0.05) is 6.54 Å². The molecule has 0 atom stereocenters. The predicted molar refractivity (Wildman–Crippen MR) is 71.4 cm³/mol. The van der Waals surface area contributed by atoms with E-state index in [4.69, 9.17) is 5.11 Å². The van der Waals surface area contributed by atoms with Crippen molar-refractivity contribution in [1.82, 2.24) is 14.8 Å². The van der Waals surface area contributed by atoms with Gasteiger partial charge in [0.2, 0.25) is 0 Å². The summed E-state index contributed by atoms with van der Waals surface area (Å²) in [5.41, 5.74) is 0.800. The standard InChI is InChI=1S/C12H13N3O3S/c16-10(17)8-19-12-14-13-11(18)15(12)7-6-9-4-2-1-3-5-9/h1-5H,6-8H2,(H,13,18)(H,16,17). The van der Waals surface area contributed by atoms with Crippen molar-refractivity contribution in [3.8, 4) is 0 Å². The summed E-state index contributed by atoms with van der Waals surface area (Å²) in [7, 11) is 0. The molecule has 2 rings (SSSR count). The van der Waals surface area contributed by atoms with Crippen LogP contribution in [0, 0.1) is 0 Å². The highest BCUT2D eigenvalue weighted by Gasteiger charge is 2.10. The Morgan fingerprint density at radius 2 is 2.11 bits per heavy atom. The monoisotopic (exact) mass is 279 g/mol. The molecule has 0 spiro atoms. The van der Waals surface area contributed by atoms with Gasteiger partial charge in [-0.2, -0.15) is 0 Å². The van der Waals surface area contributed by atoms with Crippen molar-refractivity contribution in [2.45, 2.75) is 18.1 Å². The summed E-state index contributed by atoms with van der Waals surface area (Å²) >= 11 is 1.03. The van der Waals surface area contributed by atoms with Crippen LogP contribution >= 0.6 is 11.8 Å². The fourth-order valence-corrected chi connectivity index (χ4v) is 2.32. The number of aromatic amines is 1. The van der Waals surface area contributed by atoms with E-state index < -0.39 is 5.97 Å². The number of aryl methyl sites for hydroxylation is 1. The molecule has 0 aliphatic heterocycles. The quantitative estimate of drug-likeness (QED) is 0.770. The summed E-state index contributed by atoms with van der Waals surface area (Å²) in [6.07, 6.45) is 0.695. The molecule has 1 aromatic heterocycles. The van der Waals surface area contributed by atoms with E-state index in [0.717, 1.165) is 17.3 Å². The molecule has 0 saturated carbocycles. The molecule has 0 unspecified atom stereocenters. The highest BCUT2D eigenvalue weighted by molar-refractivity contribution is 7.99. The Bertz CT molecular complexity index is 606. The van der Waals surface area contributed by atoms with Crippen LogP contribution in [-0.4, -0.2) is 31.6 Å². The minimum atomic E-state index is -0.935. The summed E-state index contributed by atoms with van der Waals surface area (Å²) in [5, 5.41) is 15.2. The van der Waals surface area contributed by atoms with Crippen molar-refractivity contribution < 1.29 is 9.90 Å². The van der Waals surface area contributed by atoms with Crippen LogP contribution in [0.2, 0.25) is 0 Å². The second-order valence-electron chi connectivity index (χ2n) is 3.88. The third-order valence-corrected chi connectivity index (χ3v) is 3.48. The number of nitrogens with zero attached hydrogens (tertiary/aromatic N) is 2. The average Bonchev–Trinajstić information content (AvgIpc) is 2.76. The van der Waals surface area contributed by atoms with E-state index in [2.05, 4.69) is 10.2 Å². The number of rotatable bonds is 6. The van der Waals surface area contributed by atoms with Crippen LogP contribution < -0.4 is 5.69 Å². The van der Waals surface area contributed by atoms with Crippen molar-refractivity contribution in [2.24, 2.45) is 0 Å². The van der Waals surface area contributed by atoms with E-state index in [-0.39, 0.29) is 11.4 Å². The fourth-order valence-electron chi connectivity index (χ4n) is 1.62. The average molecular weight is 279 g/mol. The first-order chi connectivity index (χ1) is 9.16. The van der Waals surface area contributed by atoms with Gasteiger partial charge < -0.3 is 5.11 Å². The molecule has 6 nitrogen and oxygen atoms in total. The molecule has 7 heteroatoms. The molecular weight excluding hydrogens is 266 g/mol. The number of aromatic nitrogens is 3. The predicted octanol–water partition coefficient (Wildman–Crippen LogP) is 0.991. The zero-order valence-electron chi connectivity index (χ0n) is 10.1. The summed E-state index contributed by atoms with van der Waals surface area (Å²) in [6.45, 7) is 0.474. The van der Waals surface area contributed by atoms with Gasteiger partial charge in [0.1, 0.15) is 0 Å². The third-order valence-electron chi connectivity index (χ3n) is 2.51. The molecule has 1 heterocycles. The smallest absolute Gasteiger partial charge is 0.343 e. The first-order valence-corrected chi connectivity index (χ1v) is 6.69. The number of carboxylic acids is 1. The van der Waals surface area contributed by atoms with Gasteiger partial charge in [-0.05, 0) is 12.0 Å². The van der Waals surface area contributed by atoms with E-state index in [9.17, 15) is 9.59 Å². The first-order valence-electron chi connectivity index (χ1n) is 5.70. The molecule has 1 aromatic carbocycles. The zero-order valence-corrected chi connectivity index (χ0v) is 10.9. The van der Waals surface area contributed by atoms with Gasteiger partial charge in [-0.3, -0.25) is 9.36 Å². The Morgan fingerprint density at radius 1 is 1.37 bits per heavy atom. The Balaban J connectivity index is 2.05. The highest BCUT2D eigenvalue weighted by Crippen LogP contribution is 2.13. The molecule has 0 fully saturated rings. The van der Waals surface area contributed by atoms with Crippen LogP contribution in [-0.2, 0) is 17.8 Å².